The molecule has 1 amide bonds. The summed E-state index contributed by atoms with van der Waals surface area (Å²) in [5.74, 6) is -1.26. The molecule has 18 heavy (non-hydrogen) atoms. The summed E-state index contributed by atoms with van der Waals surface area (Å²) in [6, 6.07) is 5.51. The van der Waals surface area contributed by atoms with Gasteiger partial charge < -0.3 is 10.0 Å². The molecule has 1 aliphatic heterocycles. The number of carboxylic acid groups (broad SMARTS) is 1. The molecule has 1 aromatic rings. The number of aliphatic carboxylic acids is 1. The van der Waals surface area contributed by atoms with Gasteiger partial charge in [-0.3, -0.25) is 9.59 Å². The molecule has 4 heteroatoms. The second-order valence-corrected chi connectivity index (χ2v) is 5.08. The number of amides is 1. The van der Waals surface area contributed by atoms with Crippen molar-refractivity contribution >= 4 is 17.6 Å². The SMILES string of the molecule is CC(C)C(C(=O)O)c1ccc2c(c1)CC(=O)N2C. The molecule has 1 atom stereocenters. The van der Waals surface area contributed by atoms with Gasteiger partial charge in [-0.05, 0) is 23.1 Å². The van der Waals surface area contributed by atoms with Crippen LogP contribution >= 0.6 is 0 Å². The van der Waals surface area contributed by atoms with Gasteiger partial charge in [0.15, 0.2) is 0 Å². The van der Waals surface area contributed by atoms with E-state index >= 15 is 0 Å². The van der Waals surface area contributed by atoms with Gasteiger partial charge >= 0.3 is 5.97 Å². The van der Waals surface area contributed by atoms with Crippen LogP contribution in [0.3, 0.4) is 0 Å². The van der Waals surface area contributed by atoms with E-state index in [4.69, 9.17) is 0 Å². The van der Waals surface area contributed by atoms with Gasteiger partial charge in [0.05, 0.1) is 12.3 Å². The summed E-state index contributed by atoms with van der Waals surface area (Å²) in [6.07, 6.45) is 0.365. The standard InChI is InChI=1S/C14H17NO3/c1-8(2)13(14(17)18)9-4-5-11-10(6-9)7-12(16)15(11)3/h4-6,8,13H,7H2,1-3H3,(H,17,18). The highest BCUT2D eigenvalue weighted by Crippen LogP contribution is 2.33. The van der Waals surface area contributed by atoms with E-state index in [0.29, 0.717) is 6.42 Å². The van der Waals surface area contributed by atoms with Crippen LogP contribution in [-0.2, 0) is 16.0 Å². The van der Waals surface area contributed by atoms with Crippen LogP contribution in [0.15, 0.2) is 18.2 Å². The van der Waals surface area contributed by atoms with E-state index in [1.807, 2.05) is 32.0 Å². The fourth-order valence-electron chi connectivity index (χ4n) is 2.50. The van der Waals surface area contributed by atoms with Crippen LogP contribution in [0, 0.1) is 5.92 Å². The van der Waals surface area contributed by atoms with Gasteiger partial charge in [-0.15, -0.1) is 0 Å². The van der Waals surface area contributed by atoms with Crippen LogP contribution in [0.5, 0.6) is 0 Å². The number of carbonyl (C=O) groups is 2. The predicted molar refractivity (Wildman–Crippen MR) is 68.8 cm³/mol. The summed E-state index contributed by atoms with van der Waals surface area (Å²) in [5, 5.41) is 9.27. The van der Waals surface area contributed by atoms with Gasteiger partial charge in [0, 0.05) is 12.7 Å². The highest BCUT2D eigenvalue weighted by atomic mass is 16.4. The van der Waals surface area contributed by atoms with E-state index in [-0.39, 0.29) is 11.8 Å². The van der Waals surface area contributed by atoms with Crippen LogP contribution in [0.2, 0.25) is 0 Å². The molecule has 0 fully saturated rings. The molecular formula is C14H17NO3. The molecule has 1 aliphatic rings. The van der Waals surface area contributed by atoms with E-state index < -0.39 is 11.9 Å². The number of hydrogen-bond acceptors (Lipinski definition) is 2. The molecule has 96 valence electrons. The number of fused-ring (bicyclic) bond motifs is 1. The Morgan fingerprint density at radius 1 is 1.39 bits per heavy atom. The van der Waals surface area contributed by atoms with Gasteiger partial charge in [0.25, 0.3) is 0 Å². The number of carbonyl (C=O) groups excluding carboxylic acids is 1. The number of rotatable bonds is 3. The van der Waals surface area contributed by atoms with Crippen molar-refractivity contribution < 1.29 is 14.7 Å². The maximum absolute atomic E-state index is 11.6. The molecule has 2 rings (SSSR count). The quantitative estimate of drug-likeness (QED) is 0.889. The van der Waals surface area contributed by atoms with Crippen molar-refractivity contribution in [1.82, 2.24) is 0 Å². The Balaban J connectivity index is 2.41. The van der Waals surface area contributed by atoms with Crippen molar-refractivity contribution in [2.24, 2.45) is 5.92 Å². The van der Waals surface area contributed by atoms with E-state index in [0.717, 1.165) is 16.8 Å². The van der Waals surface area contributed by atoms with Gasteiger partial charge in [0.1, 0.15) is 0 Å². The molecule has 1 N–H and O–H groups in total. The minimum absolute atomic E-state index is 0.0235. The third kappa shape index (κ3) is 1.98. The Kier molecular flexibility index (Phi) is 3.11. The molecule has 4 nitrogen and oxygen atoms in total. The van der Waals surface area contributed by atoms with Crippen LogP contribution in [0.1, 0.15) is 30.9 Å². The third-order valence-electron chi connectivity index (χ3n) is 3.47. The summed E-state index contributed by atoms with van der Waals surface area (Å²) in [4.78, 5) is 24.5. The zero-order valence-electron chi connectivity index (χ0n) is 10.8. The Bertz CT molecular complexity index is 508. The average Bonchev–Trinajstić information content (AvgIpc) is 2.53. The smallest absolute Gasteiger partial charge is 0.311 e. The summed E-state index contributed by atoms with van der Waals surface area (Å²) in [5.41, 5.74) is 2.59. The number of carboxylic acids is 1. The largest absolute Gasteiger partial charge is 0.481 e. The number of nitrogens with zero attached hydrogens (tertiary/aromatic N) is 1. The van der Waals surface area contributed by atoms with Crippen molar-refractivity contribution in [3.8, 4) is 0 Å². The number of likely N-dealkylation sites (N-methyl/N-ethyl adjacent to an activating group) is 1. The lowest BCUT2D eigenvalue weighted by atomic mass is 9.87. The molecule has 1 aromatic carbocycles. The number of benzene rings is 1. The normalized spacial score (nSPS) is 16.0. The summed E-state index contributed by atoms with van der Waals surface area (Å²) < 4.78 is 0. The first kappa shape index (κ1) is 12.6. The minimum atomic E-state index is -0.817. The van der Waals surface area contributed by atoms with E-state index in [9.17, 15) is 14.7 Å². The van der Waals surface area contributed by atoms with Gasteiger partial charge in [0.2, 0.25) is 5.91 Å². The molecule has 0 aliphatic carbocycles. The van der Waals surface area contributed by atoms with E-state index in [1.54, 1.807) is 11.9 Å². The first-order valence-electron chi connectivity index (χ1n) is 6.04. The molecule has 1 unspecified atom stereocenters. The molecular weight excluding hydrogens is 230 g/mol. The first-order valence-corrected chi connectivity index (χ1v) is 6.04. The van der Waals surface area contributed by atoms with Crippen molar-refractivity contribution in [3.05, 3.63) is 29.3 Å². The monoisotopic (exact) mass is 247 g/mol. The molecule has 0 aromatic heterocycles. The second kappa shape index (κ2) is 4.44. The Hall–Kier alpha value is -1.84. The van der Waals surface area contributed by atoms with E-state index in [1.165, 1.54) is 0 Å². The molecule has 1 heterocycles. The zero-order chi connectivity index (χ0) is 13.4. The lowest BCUT2D eigenvalue weighted by Gasteiger charge is -2.18. The summed E-state index contributed by atoms with van der Waals surface area (Å²) >= 11 is 0. The van der Waals surface area contributed by atoms with E-state index in [2.05, 4.69) is 0 Å². The van der Waals surface area contributed by atoms with Gasteiger partial charge in [-0.2, -0.15) is 0 Å². The Labute approximate surface area is 106 Å². The molecule has 0 radical (unpaired) electrons. The van der Waals surface area contributed by atoms with Crippen LogP contribution in [-0.4, -0.2) is 24.0 Å². The fourth-order valence-corrected chi connectivity index (χ4v) is 2.50. The summed E-state index contributed by atoms with van der Waals surface area (Å²) in [7, 11) is 1.74. The van der Waals surface area contributed by atoms with Crippen LogP contribution in [0.4, 0.5) is 5.69 Å². The van der Waals surface area contributed by atoms with Crippen molar-refractivity contribution in [1.29, 1.82) is 0 Å². The molecule has 0 spiro atoms. The topological polar surface area (TPSA) is 57.6 Å². The van der Waals surface area contributed by atoms with Crippen molar-refractivity contribution in [2.75, 3.05) is 11.9 Å². The van der Waals surface area contributed by atoms with Gasteiger partial charge in [-0.1, -0.05) is 26.0 Å². The minimum Gasteiger partial charge on any atom is -0.481 e. The van der Waals surface area contributed by atoms with Crippen LogP contribution in [0.25, 0.3) is 0 Å². The maximum Gasteiger partial charge on any atom is 0.311 e. The van der Waals surface area contributed by atoms with Crippen molar-refractivity contribution in [3.63, 3.8) is 0 Å². The van der Waals surface area contributed by atoms with Crippen LogP contribution < -0.4 is 4.90 Å². The highest BCUT2D eigenvalue weighted by molar-refractivity contribution is 6.01. The zero-order valence-corrected chi connectivity index (χ0v) is 10.8. The molecule has 0 saturated heterocycles. The van der Waals surface area contributed by atoms with Crippen molar-refractivity contribution in [2.45, 2.75) is 26.2 Å². The number of hydrogen-bond donors (Lipinski definition) is 1. The maximum atomic E-state index is 11.6. The summed E-state index contributed by atoms with van der Waals surface area (Å²) in [6.45, 7) is 3.78. The highest BCUT2D eigenvalue weighted by Gasteiger charge is 2.28. The average molecular weight is 247 g/mol. The lowest BCUT2D eigenvalue weighted by molar-refractivity contribution is -0.139. The van der Waals surface area contributed by atoms with Gasteiger partial charge in [-0.25, -0.2) is 0 Å². The molecule has 0 bridgehead atoms. The molecule has 0 saturated carbocycles. The second-order valence-electron chi connectivity index (χ2n) is 5.08. The fraction of sp³-hybridized carbons (Fsp3) is 0.429. The number of anilines is 1. The third-order valence-corrected chi connectivity index (χ3v) is 3.47. The first-order chi connectivity index (χ1) is 8.41. The Morgan fingerprint density at radius 2 is 2.06 bits per heavy atom. The predicted octanol–water partition coefficient (Wildman–Crippen LogP) is 2.03. The Morgan fingerprint density at radius 3 is 2.61 bits per heavy atom. The lowest BCUT2D eigenvalue weighted by Crippen LogP contribution is -2.20.